The van der Waals surface area contributed by atoms with Gasteiger partial charge in [-0.2, -0.15) is 5.26 Å². The third kappa shape index (κ3) is 2.83. The minimum atomic E-state index is -3.48. The first-order valence-corrected chi connectivity index (χ1v) is 8.57. The Balaban J connectivity index is 2.05. The summed E-state index contributed by atoms with van der Waals surface area (Å²) in [5.74, 6) is 0.345. The van der Waals surface area contributed by atoms with E-state index in [2.05, 4.69) is 32.4 Å². The Morgan fingerprint density at radius 1 is 1.14 bits per heavy atom. The topological polar surface area (TPSA) is 70.0 Å². The Morgan fingerprint density at radius 2 is 1.67 bits per heavy atom. The first kappa shape index (κ1) is 16.0. The van der Waals surface area contributed by atoms with Gasteiger partial charge in [0.05, 0.1) is 17.4 Å². The van der Waals surface area contributed by atoms with Gasteiger partial charge in [-0.1, -0.05) is 39.8 Å². The van der Waals surface area contributed by atoms with Crippen LogP contribution in [0.1, 0.15) is 33.3 Å². The van der Waals surface area contributed by atoms with E-state index in [0.29, 0.717) is 12.5 Å². The molecule has 1 fully saturated rings. The predicted molar refractivity (Wildman–Crippen MR) is 82.0 cm³/mol. The van der Waals surface area contributed by atoms with Crippen LogP contribution in [0.5, 0.6) is 0 Å². The van der Waals surface area contributed by atoms with Gasteiger partial charge in [-0.05, 0) is 34.4 Å². The van der Waals surface area contributed by atoms with Crippen molar-refractivity contribution in [2.75, 3.05) is 6.54 Å². The zero-order chi connectivity index (χ0) is 15.9. The molecule has 1 aromatic carbocycles. The molecular formula is C16H22N2O2S. The number of nitrogens with one attached hydrogen (secondary N) is 1. The van der Waals surface area contributed by atoms with Crippen LogP contribution in [0.2, 0.25) is 0 Å². The van der Waals surface area contributed by atoms with E-state index < -0.39 is 10.0 Å². The zero-order valence-corrected chi connectivity index (χ0v) is 13.8. The van der Waals surface area contributed by atoms with E-state index in [4.69, 9.17) is 5.26 Å². The van der Waals surface area contributed by atoms with E-state index in [1.54, 1.807) is 24.3 Å². The molecule has 0 amide bonds. The molecule has 1 saturated carbocycles. The number of rotatable bonds is 5. The fourth-order valence-corrected chi connectivity index (χ4v) is 4.04. The lowest BCUT2D eigenvalue weighted by molar-refractivity contribution is 0.457. The minimum Gasteiger partial charge on any atom is -0.211 e. The van der Waals surface area contributed by atoms with E-state index in [1.807, 2.05) is 6.07 Å². The van der Waals surface area contributed by atoms with Crippen LogP contribution >= 0.6 is 0 Å². The van der Waals surface area contributed by atoms with E-state index >= 15 is 0 Å². The van der Waals surface area contributed by atoms with Gasteiger partial charge in [0, 0.05) is 6.54 Å². The van der Waals surface area contributed by atoms with Crippen LogP contribution in [0.3, 0.4) is 0 Å². The molecular weight excluding hydrogens is 284 g/mol. The lowest BCUT2D eigenvalue weighted by Crippen LogP contribution is -2.27. The Bertz CT molecular complexity index is 653. The lowest BCUT2D eigenvalue weighted by Gasteiger charge is -2.08. The molecule has 1 N–H and O–H groups in total. The van der Waals surface area contributed by atoms with Crippen molar-refractivity contribution in [2.24, 2.45) is 16.7 Å². The molecule has 5 heteroatoms. The van der Waals surface area contributed by atoms with E-state index in [0.717, 1.165) is 5.56 Å². The summed E-state index contributed by atoms with van der Waals surface area (Å²) in [4.78, 5) is 0.250. The Hall–Kier alpha value is -1.38. The van der Waals surface area contributed by atoms with Gasteiger partial charge >= 0.3 is 0 Å². The van der Waals surface area contributed by atoms with Gasteiger partial charge in [-0.25, -0.2) is 13.1 Å². The number of nitriles is 1. The van der Waals surface area contributed by atoms with Crippen LogP contribution in [0.25, 0.3) is 0 Å². The second kappa shape index (κ2) is 5.11. The molecule has 1 aliphatic carbocycles. The van der Waals surface area contributed by atoms with Crippen LogP contribution in [-0.2, 0) is 16.4 Å². The van der Waals surface area contributed by atoms with Crippen molar-refractivity contribution in [2.45, 2.75) is 39.0 Å². The highest BCUT2D eigenvalue weighted by molar-refractivity contribution is 7.89. The molecule has 0 spiro atoms. The number of hydrogen-bond donors (Lipinski definition) is 1. The Labute approximate surface area is 127 Å². The molecule has 0 aliphatic heterocycles. The van der Waals surface area contributed by atoms with Gasteiger partial charge in [0.2, 0.25) is 10.0 Å². The summed E-state index contributed by atoms with van der Waals surface area (Å²) >= 11 is 0. The quantitative estimate of drug-likeness (QED) is 0.909. The molecule has 0 heterocycles. The largest absolute Gasteiger partial charge is 0.240 e. The summed E-state index contributed by atoms with van der Waals surface area (Å²) in [5, 5.41) is 8.62. The summed E-state index contributed by atoms with van der Waals surface area (Å²) in [6, 6.07) is 8.52. The maximum atomic E-state index is 12.3. The highest BCUT2D eigenvalue weighted by atomic mass is 32.2. The molecule has 0 unspecified atom stereocenters. The molecule has 114 valence electrons. The van der Waals surface area contributed by atoms with Gasteiger partial charge in [-0.3, -0.25) is 0 Å². The first-order chi connectivity index (χ1) is 9.63. The zero-order valence-electron chi connectivity index (χ0n) is 13.0. The van der Waals surface area contributed by atoms with Crippen LogP contribution in [0.15, 0.2) is 29.2 Å². The smallest absolute Gasteiger partial charge is 0.211 e. The lowest BCUT2D eigenvalue weighted by atomic mass is 10.0. The Morgan fingerprint density at radius 3 is 2.10 bits per heavy atom. The van der Waals surface area contributed by atoms with Crippen molar-refractivity contribution < 1.29 is 8.42 Å². The van der Waals surface area contributed by atoms with Crippen molar-refractivity contribution >= 4 is 10.0 Å². The standard InChI is InChI=1S/C16H22N2O2S/c1-15(2)14(16(15,3)4)11-18-21(19,20)13-7-5-12(6-8-13)9-10-17/h5-8,14,18H,9,11H2,1-4H3. The predicted octanol–water partition coefficient (Wildman–Crippen LogP) is 2.71. The number of hydrogen-bond acceptors (Lipinski definition) is 3. The summed E-state index contributed by atoms with van der Waals surface area (Å²) in [6.07, 6.45) is 0.290. The van der Waals surface area contributed by atoms with Gasteiger partial charge in [-0.15, -0.1) is 0 Å². The van der Waals surface area contributed by atoms with Crippen molar-refractivity contribution in [3.8, 4) is 6.07 Å². The first-order valence-electron chi connectivity index (χ1n) is 7.08. The highest BCUT2D eigenvalue weighted by Crippen LogP contribution is 2.67. The fraction of sp³-hybridized carbons (Fsp3) is 0.562. The normalized spacial score (nSPS) is 20.0. The summed E-state index contributed by atoms with van der Waals surface area (Å²) in [5.41, 5.74) is 1.14. The molecule has 0 aromatic heterocycles. The molecule has 0 atom stereocenters. The molecule has 0 saturated heterocycles. The Kier molecular flexibility index (Phi) is 3.90. The van der Waals surface area contributed by atoms with E-state index in [1.165, 1.54) is 0 Å². The maximum Gasteiger partial charge on any atom is 0.240 e. The average Bonchev–Trinajstić information content (AvgIpc) is 2.78. The van der Waals surface area contributed by atoms with Crippen molar-refractivity contribution in [1.82, 2.24) is 4.72 Å². The third-order valence-electron chi connectivity index (χ3n) is 5.31. The van der Waals surface area contributed by atoms with Crippen molar-refractivity contribution in [1.29, 1.82) is 5.26 Å². The number of benzene rings is 1. The molecule has 21 heavy (non-hydrogen) atoms. The summed E-state index contributed by atoms with van der Waals surface area (Å²) in [6.45, 7) is 9.14. The van der Waals surface area contributed by atoms with Crippen LogP contribution < -0.4 is 4.72 Å². The highest BCUT2D eigenvalue weighted by Gasteiger charge is 2.64. The maximum absolute atomic E-state index is 12.3. The summed E-state index contributed by atoms with van der Waals surface area (Å²) in [7, 11) is -3.48. The van der Waals surface area contributed by atoms with E-state index in [-0.39, 0.29) is 22.1 Å². The van der Waals surface area contributed by atoms with E-state index in [9.17, 15) is 8.42 Å². The van der Waals surface area contributed by atoms with Gasteiger partial charge in [0.25, 0.3) is 0 Å². The molecule has 2 rings (SSSR count). The molecule has 4 nitrogen and oxygen atoms in total. The van der Waals surface area contributed by atoms with Crippen molar-refractivity contribution in [3.63, 3.8) is 0 Å². The molecule has 0 radical (unpaired) electrons. The SMILES string of the molecule is CC1(C)C(CNS(=O)(=O)c2ccc(CC#N)cc2)C1(C)C. The molecule has 0 bridgehead atoms. The fourth-order valence-electron chi connectivity index (χ4n) is 3.00. The average molecular weight is 306 g/mol. The van der Waals surface area contributed by atoms with Gasteiger partial charge in [0.15, 0.2) is 0 Å². The molecule has 1 aromatic rings. The number of nitrogens with zero attached hydrogens (tertiary/aromatic N) is 1. The third-order valence-corrected chi connectivity index (χ3v) is 6.75. The minimum absolute atomic E-state index is 0.159. The second-order valence-electron chi connectivity index (χ2n) is 6.83. The monoisotopic (exact) mass is 306 g/mol. The van der Waals surface area contributed by atoms with Crippen molar-refractivity contribution in [3.05, 3.63) is 29.8 Å². The molecule has 1 aliphatic rings. The van der Waals surface area contributed by atoms with Gasteiger partial charge in [0.1, 0.15) is 0 Å². The van der Waals surface area contributed by atoms with Gasteiger partial charge < -0.3 is 0 Å². The number of sulfonamides is 1. The van der Waals surface area contributed by atoms with Crippen LogP contribution in [-0.4, -0.2) is 15.0 Å². The second-order valence-corrected chi connectivity index (χ2v) is 8.59. The summed E-state index contributed by atoms with van der Waals surface area (Å²) < 4.78 is 27.3. The van der Waals surface area contributed by atoms with Crippen LogP contribution in [0.4, 0.5) is 0 Å². The van der Waals surface area contributed by atoms with Crippen LogP contribution in [0, 0.1) is 28.1 Å².